The Labute approximate surface area is 62.2 Å². The second kappa shape index (κ2) is 8.03. The summed E-state index contributed by atoms with van der Waals surface area (Å²) in [4.78, 5) is 17.9. The van der Waals surface area contributed by atoms with Gasteiger partial charge in [0.15, 0.2) is 0 Å². The summed E-state index contributed by atoms with van der Waals surface area (Å²) in [6.07, 6.45) is -2.33. The maximum absolute atomic E-state index is 9.59. The van der Waals surface area contributed by atoms with Crippen LogP contribution < -0.4 is 10.2 Å². The van der Waals surface area contributed by atoms with Crippen LogP contribution in [0.5, 0.6) is 0 Å². The van der Waals surface area contributed by atoms with E-state index >= 15 is 0 Å². The standard InChI is InChI=1S/C3H5ClO2.CH2O3/c1-2-6-3(4)5;2-1(3)4/h2H2,1H3;(H2,2,3,4)/p-2. The summed E-state index contributed by atoms with van der Waals surface area (Å²) >= 11 is 4.72. The van der Waals surface area contributed by atoms with E-state index in [1.54, 1.807) is 6.92 Å². The quantitative estimate of drug-likeness (QED) is 0.466. The Hall–Kier alpha value is -0.970. The van der Waals surface area contributed by atoms with Gasteiger partial charge in [0, 0.05) is 11.6 Å². The first-order valence-electron chi connectivity index (χ1n) is 2.21. The Morgan fingerprint density at radius 2 is 1.80 bits per heavy atom. The summed E-state index contributed by atoms with van der Waals surface area (Å²) in [6.45, 7) is 2.04. The first-order chi connectivity index (χ1) is 4.50. The van der Waals surface area contributed by atoms with Crippen LogP contribution in [0.1, 0.15) is 6.92 Å². The topological polar surface area (TPSA) is 89.5 Å². The van der Waals surface area contributed by atoms with Crippen molar-refractivity contribution in [3.63, 3.8) is 0 Å². The van der Waals surface area contributed by atoms with Crippen LogP contribution in [0.25, 0.3) is 0 Å². The average molecular weight is 169 g/mol. The fourth-order valence-electron chi connectivity index (χ4n) is 0.113. The van der Waals surface area contributed by atoms with Gasteiger partial charge in [0.1, 0.15) is 0 Å². The summed E-state index contributed by atoms with van der Waals surface area (Å²) in [5.41, 5.74) is -0.738. The van der Waals surface area contributed by atoms with Crippen LogP contribution in [0.3, 0.4) is 0 Å². The fourth-order valence-corrected chi connectivity index (χ4v) is 0.223. The SMILES string of the molecule is CCOC(=O)Cl.O=C([O-])[O-]. The smallest absolute Gasteiger partial charge is 0.403 e. The second-order valence-corrected chi connectivity index (χ2v) is 1.23. The van der Waals surface area contributed by atoms with Gasteiger partial charge in [-0.15, -0.1) is 0 Å². The molecule has 0 saturated carbocycles. The van der Waals surface area contributed by atoms with E-state index in [4.69, 9.17) is 26.6 Å². The molecule has 0 heterocycles. The predicted octanol–water partition coefficient (Wildman–Crippen LogP) is -1.07. The maximum Gasteiger partial charge on any atom is 0.403 e. The minimum Gasteiger partial charge on any atom is -0.652 e. The van der Waals surface area contributed by atoms with E-state index in [0.29, 0.717) is 6.61 Å². The highest BCUT2D eigenvalue weighted by Crippen LogP contribution is 1.82. The summed E-state index contributed by atoms with van der Waals surface area (Å²) in [7, 11) is 0. The molecule has 0 aliphatic rings. The van der Waals surface area contributed by atoms with Gasteiger partial charge in [-0.2, -0.15) is 0 Å². The van der Waals surface area contributed by atoms with E-state index < -0.39 is 11.6 Å². The van der Waals surface area contributed by atoms with Gasteiger partial charge in [0.2, 0.25) is 0 Å². The molecule has 0 amide bonds. The van der Waals surface area contributed by atoms with Crippen molar-refractivity contribution in [3.8, 4) is 0 Å². The molecule has 0 atom stereocenters. The van der Waals surface area contributed by atoms with E-state index in [2.05, 4.69) is 4.74 Å². The Kier molecular flexibility index (Phi) is 9.46. The van der Waals surface area contributed by atoms with Crippen LogP contribution in [0.4, 0.5) is 9.59 Å². The molecule has 0 radical (unpaired) electrons. The number of halogens is 1. The molecule has 0 bridgehead atoms. The molecule has 0 aromatic carbocycles. The third-order valence-electron chi connectivity index (χ3n) is 0.258. The van der Waals surface area contributed by atoms with Crippen molar-refractivity contribution in [3.05, 3.63) is 0 Å². The van der Waals surface area contributed by atoms with Crippen LogP contribution in [0, 0.1) is 0 Å². The van der Waals surface area contributed by atoms with Crippen molar-refractivity contribution in [2.24, 2.45) is 0 Å². The minimum absolute atomic E-state index is 0.350. The van der Waals surface area contributed by atoms with Crippen molar-refractivity contribution in [1.29, 1.82) is 0 Å². The van der Waals surface area contributed by atoms with Gasteiger partial charge in [-0.05, 0) is 13.1 Å². The number of hydrogen-bond donors (Lipinski definition) is 0. The van der Waals surface area contributed by atoms with Crippen molar-refractivity contribution >= 4 is 23.2 Å². The normalized spacial score (nSPS) is 7.00. The fraction of sp³-hybridized carbons (Fsp3) is 0.500. The van der Waals surface area contributed by atoms with Gasteiger partial charge in [0.05, 0.1) is 6.61 Å². The zero-order valence-electron chi connectivity index (χ0n) is 5.13. The molecule has 0 aliphatic heterocycles. The van der Waals surface area contributed by atoms with Gasteiger partial charge in [-0.1, -0.05) is 0 Å². The molecule has 0 spiro atoms. The Morgan fingerprint density at radius 3 is 1.80 bits per heavy atom. The van der Waals surface area contributed by atoms with Crippen molar-refractivity contribution in [2.45, 2.75) is 6.92 Å². The van der Waals surface area contributed by atoms with Crippen LogP contribution in [0.15, 0.2) is 0 Å². The van der Waals surface area contributed by atoms with Crippen molar-refractivity contribution < 1.29 is 24.5 Å². The van der Waals surface area contributed by atoms with Crippen LogP contribution in [-0.2, 0) is 4.74 Å². The van der Waals surface area contributed by atoms with Crippen LogP contribution >= 0.6 is 11.6 Å². The number of hydrogen-bond acceptors (Lipinski definition) is 5. The minimum atomic E-state index is -2.33. The first-order valence-corrected chi connectivity index (χ1v) is 2.58. The molecule has 0 aromatic rings. The summed E-state index contributed by atoms with van der Waals surface area (Å²) in [5.74, 6) is 0. The molecular weight excluding hydrogens is 163 g/mol. The molecule has 6 heteroatoms. The molecule has 0 fully saturated rings. The lowest BCUT2D eigenvalue weighted by atomic mass is 10.9. The Bertz CT molecular complexity index is 108. The van der Waals surface area contributed by atoms with Gasteiger partial charge < -0.3 is 19.7 Å². The molecule has 5 nitrogen and oxygen atoms in total. The third kappa shape index (κ3) is 62.0. The number of rotatable bonds is 1. The predicted molar refractivity (Wildman–Crippen MR) is 28.3 cm³/mol. The van der Waals surface area contributed by atoms with E-state index in [1.165, 1.54) is 0 Å². The molecule has 0 aliphatic carbocycles. The monoisotopic (exact) mass is 168 g/mol. The summed E-state index contributed by atoms with van der Waals surface area (Å²) < 4.78 is 4.17. The van der Waals surface area contributed by atoms with Gasteiger partial charge in [0.25, 0.3) is 0 Å². The third-order valence-corrected chi connectivity index (χ3v) is 0.367. The Morgan fingerprint density at radius 1 is 1.50 bits per heavy atom. The molecular formula is C4H5ClO5-2. The summed E-state index contributed by atoms with van der Waals surface area (Å²) in [5, 5.41) is 16.7. The number of ether oxygens (including phenoxy) is 1. The molecule has 0 N–H and O–H groups in total. The van der Waals surface area contributed by atoms with Crippen molar-refractivity contribution in [2.75, 3.05) is 6.61 Å². The average Bonchev–Trinajstić information content (AvgIpc) is 1.62. The van der Waals surface area contributed by atoms with E-state index in [0.717, 1.165) is 0 Å². The van der Waals surface area contributed by atoms with Crippen LogP contribution in [-0.4, -0.2) is 18.2 Å². The van der Waals surface area contributed by atoms with Crippen LogP contribution in [0.2, 0.25) is 0 Å². The zero-order chi connectivity index (χ0) is 8.57. The van der Waals surface area contributed by atoms with E-state index in [-0.39, 0.29) is 0 Å². The van der Waals surface area contributed by atoms with E-state index in [1.807, 2.05) is 0 Å². The van der Waals surface area contributed by atoms with Gasteiger partial charge in [-0.3, -0.25) is 0 Å². The lowest BCUT2D eigenvalue weighted by Crippen LogP contribution is -2.37. The summed E-state index contributed by atoms with van der Waals surface area (Å²) in [6, 6.07) is 0. The highest BCUT2D eigenvalue weighted by molar-refractivity contribution is 6.61. The first kappa shape index (κ1) is 11.8. The largest absolute Gasteiger partial charge is 0.652 e. The molecule has 10 heavy (non-hydrogen) atoms. The van der Waals surface area contributed by atoms with Gasteiger partial charge >= 0.3 is 5.43 Å². The molecule has 60 valence electrons. The number of carboxylic acid groups (broad SMARTS) is 2. The maximum atomic E-state index is 9.59. The molecule has 0 rings (SSSR count). The highest BCUT2D eigenvalue weighted by atomic mass is 35.5. The lowest BCUT2D eigenvalue weighted by molar-refractivity contribution is -0.415. The Balaban J connectivity index is 0. The lowest BCUT2D eigenvalue weighted by Gasteiger charge is -1.96. The number of carbonyl (C=O) groups is 2. The van der Waals surface area contributed by atoms with E-state index in [9.17, 15) is 4.79 Å². The highest BCUT2D eigenvalue weighted by Gasteiger charge is 1.85. The molecule has 0 saturated heterocycles. The van der Waals surface area contributed by atoms with Crippen molar-refractivity contribution in [1.82, 2.24) is 0 Å². The van der Waals surface area contributed by atoms with Gasteiger partial charge in [-0.25, -0.2) is 4.79 Å². The number of carbonyl (C=O) groups excluding carboxylic acids is 2. The second-order valence-electron chi connectivity index (χ2n) is 0.921. The zero-order valence-corrected chi connectivity index (χ0v) is 5.88. The molecule has 0 unspecified atom stereocenters. The molecule has 0 aromatic heterocycles.